The van der Waals surface area contributed by atoms with Gasteiger partial charge < -0.3 is 15.8 Å². The van der Waals surface area contributed by atoms with E-state index >= 15 is 0 Å². The maximum atomic E-state index is 12.2. The second kappa shape index (κ2) is 3.52. The van der Waals surface area contributed by atoms with Gasteiger partial charge in [-0.25, -0.2) is 8.78 Å². The summed E-state index contributed by atoms with van der Waals surface area (Å²) in [6.07, 6.45) is -2.86. The maximum Gasteiger partial charge on any atom is 0.368 e. The Hall–Kier alpha value is -1.79. The highest BCUT2D eigenvalue weighted by Gasteiger charge is 2.22. The number of alkyl halides is 2. The maximum absolute atomic E-state index is 12.2. The Balaban J connectivity index is 3.35. The van der Waals surface area contributed by atoms with E-state index in [2.05, 4.69) is 4.98 Å². The Labute approximate surface area is 77.7 Å². The first kappa shape index (κ1) is 10.3. The van der Waals surface area contributed by atoms with Crippen molar-refractivity contribution in [3.05, 3.63) is 27.4 Å². The summed E-state index contributed by atoms with van der Waals surface area (Å²) in [4.78, 5) is 12.8. The van der Waals surface area contributed by atoms with Crippen LogP contribution in [0.3, 0.4) is 0 Å². The first-order valence-corrected chi connectivity index (χ1v) is 3.63. The molecule has 76 valence electrons. The van der Waals surface area contributed by atoms with Gasteiger partial charge in [0.25, 0.3) is 0 Å². The number of pyridine rings is 1. The van der Waals surface area contributed by atoms with Gasteiger partial charge in [-0.3, -0.25) is 0 Å². The van der Waals surface area contributed by atoms with Crippen molar-refractivity contribution in [2.24, 2.45) is 0 Å². The minimum atomic E-state index is -2.86. The van der Waals surface area contributed by atoms with Gasteiger partial charge in [-0.1, -0.05) is 0 Å². The van der Waals surface area contributed by atoms with Crippen molar-refractivity contribution in [2.45, 2.75) is 13.3 Å². The van der Waals surface area contributed by atoms with Crippen molar-refractivity contribution in [1.29, 1.82) is 0 Å². The number of nitrogens with zero attached hydrogens (tertiary/aromatic N) is 2. The molecule has 7 heteroatoms. The average Bonchev–Trinajstić information content (AvgIpc) is 2.08. The molecule has 0 amide bonds. The molecular formula is C7H7F2N3O2. The van der Waals surface area contributed by atoms with E-state index in [0.29, 0.717) is 0 Å². The molecule has 1 aromatic rings. The molecular weight excluding hydrogens is 196 g/mol. The summed E-state index contributed by atoms with van der Waals surface area (Å²) in [7, 11) is 0. The Bertz CT molecular complexity index is 381. The number of anilines is 1. The topological polar surface area (TPSA) is 82.0 Å². The Morgan fingerprint density at radius 2 is 2.21 bits per heavy atom. The Morgan fingerprint density at radius 1 is 1.64 bits per heavy atom. The molecule has 14 heavy (non-hydrogen) atoms. The van der Waals surface area contributed by atoms with Crippen LogP contribution >= 0.6 is 0 Å². The fraction of sp³-hybridized carbons (Fsp3) is 0.286. The third-order valence-corrected chi connectivity index (χ3v) is 1.70. The van der Waals surface area contributed by atoms with E-state index in [-0.39, 0.29) is 11.3 Å². The summed E-state index contributed by atoms with van der Waals surface area (Å²) in [5.74, 6) is -0.625. The highest BCUT2D eigenvalue weighted by atomic mass is 19.3. The van der Waals surface area contributed by atoms with Crippen LogP contribution in [0.1, 0.15) is 17.7 Å². The van der Waals surface area contributed by atoms with Gasteiger partial charge >= 0.3 is 12.2 Å². The van der Waals surface area contributed by atoms with Crippen LogP contribution in [0.25, 0.3) is 0 Å². The van der Waals surface area contributed by atoms with Gasteiger partial charge in [0.05, 0.1) is 5.56 Å². The number of rotatable bonds is 2. The number of nitrogens with two attached hydrogens (primary N) is 1. The van der Waals surface area contributed by atoms with E-state index in [1.165, 1.54) is 6.92 Å². The first-order chi connectivity index (χ1) is 6.43. The van der Waals surface area contributed by atoms with Crippen molar-refractivity contribution in [3.8, 4) is 0 Å². The minimum absolute atomic E-state index is 0.0537. The fourth-order valence-corrected chi connectivity index (χ4v) is 0.925. The number of aromatic nitrogens is 1. The smallest absolute Gasteiger partial charge is 0.368 e. The largest absolute Gasteiger partial charge is 0.398 e. The predicted octanol–water partition coefficient (Wildman–Crippen LogP) is 1.82. The highest BCUT2D eigenvalue weighted by Crippen LogP contribution is 2.26. The quantitative estimate of drug-likeness (QED) is 0.587. The third kappa shape index (κ3) is 1.76. The molecule has 0 aliphatic heterocycles. The second-order valence-electron chi connectivity index (χ2n) is 2.64. The van der Waals surface area contributed by atoms with Gasteiger partial charge in [-0.15, -0.1) is 0 Å². The fourth-order valence-electron chi connectivity index (χ4n) is 0.925. The van der Waals surface area contributed by atoms with Gasteiger partial charge in [0.2, 0.25) is 5.69 Å². The number of hydrogen-bond donors (Lipinski definition) is 1. The van der Waals surface area contributed by atoms with Crippen molar-refractivity contribution in [2.75, 3.05) is 5.73 Å². The molecule has 0 aromatic carbocycles. The lowest BCUT2D eigenvalue weighted by Gasteiger charge is -2.02. The third-order valence-electron chi connectivity index (χ3n) is 1.70. The lowest BCUT2D eigenvalue weighted by Crippen LogP contribution is -2.03. The Kier molecular flexibility index (Phi) is 2.59. The SMILES string of the molecule is Cc1c(N)cc(C(F)F)nc1[N+](=O)[O-]. The number of halogens is 2. The first-order valence-electron chi connectivity index (χ1n) is 3.63. The molecule has 2 N–H and O–H groups in total. The monoisotopic (exact) mass is 203 g/mol. The Morgan fingerprint density at radius 3 is 2.64 bits per heavy atom. The van der Waals surface area contributed by atoms with Crippen LogP contribution in [-0.2, 0) is 0 Å². The molecule has 5 nitrogen and oxygen atoms in total. The van der Waals surface area contributed by atoms with E-state index in [4.69, 9.17) is 5.73 Å². The van der Waals surface area contributed by atoms with Crippen LogP contribution in [0, 0.1) is 17.0 Å². The molecule has 1 aromatic heterocycles. The van der Waals surface area contributed by atoms with E-state index in [1.54, 1.807) is 0 Å². The second-order valence-corrected chi connectivity index (χ2v) is 2.64. The number of nitro groups is 1. The van der Waals surface area contributed by atoms with Crippen LogP contribution < -0.4 is 5.73 Å². The molecule has 1 rings (SSSR count). The lowest BCUT2D eigenvalue weighted by atomic mass is 10.2. The normalized spacial score (nSPS) is 10.6. The predicted molar refractivity (Wildman–Crippen MR) is 45.0 cm³/mol. The van der Waals surface area contributed by atoms with Crippen LogP contribution in [0.2, 0.25) is 0 Å². The molecule has 0 radical (unpaired) electrons. The zero-order valence-corrected chi connectivity index (χ0v) is 7.20. The molecule has 0 unspecified atom stereocenters. The van der Waals surface area contributed by atoms with Crippen LogP contribution in [0.5, 0.6) is 0 Å². The zero-order chi connectivity index (χ0) is 10.9. The molecule has 0 saturated carbocycles. The van der Waals surface area contributed by atoms with Gasteiger partial charge in [0, 0.05) is 11.8 Å². The van der Waals surface area contributed by atoms with E-state index in [0.717, 1.165) is 6.07 Å². The average molecular weight is 203 g/mol. The van der Waals surface area contributed by atoms with Crippen molar-refractivity contribution >= 4 is 11.5 Å². The number of nitrogen functional groups attached to an aromatic ring is 1. The molecule has 0 bridgehead atoms. The molecule has 0 spiro atoms. The molecule has 0 aliphatic rings. The standard InChI is InChI=1S/C7H7F2N3O2/c1-3-4(10)2-5(6(8)9)11-7(3)12(13)14/h2,6H,1H3,(H2,10,11). The molecule has 0 atom stereocenters. The van der Waals surface area contributed by atoms with E-state index < -0.39 is 22.9 Å². The summed E-state index contributed by atoms with van der Waals surface area (Å²) in [5.41, 5.74) is 4.68. The van der Waals surface area contributed by atoms with Crippen LogP contribution in [0.4, 0.5) is 20.3 Å². The van der Waals surface area contributed by atoms with Gasteiger partial charge in [0.1, 0.15) is 0 Å². The van der Waals surface area contributed by atoms with Gasteiger partial charge in [0.15, 0.2) is 0 Å². The van der Waals surface area contributed by atoms with Gasteiger partial charge in [-0.2, -0.15) is 0 Å². The van der Waals surface area contributed by atoms with Crippen molar-refractivity contribution in [3.63, 3.8) is 0 Å². The molecule has 0 aliphatic carbocycles. The number of hydrogen-bond acceptors (Lipinski definition) is 4. The van der Waals surface area contributed by atoms with Crippen molar-refractivity contribution < 1.29 is 13.7 Å². The summed E-state index contributed by atoms with van der Waals surface area (Å²) < 4.78 is 24.4. The lowest BCUT2D eigenvalue weighted by molar-refractivity contribution is -0.390. The van der Waals surface area contributed by atoms with Gasteiger partial charge in [-0.05, 0) is 16.8 Å². The highest BCUT2D eigenvalue weighted by molar-refractivity contribution is 5.54. The van der Waals surface area contributed by atoms with Crippen LogP contribution in [0.15, 0.2) is 6.07 Å². The summed E-state index contributed by atoms with van der Waals surface area (Å²) >= 11 is 0. The van der Waals surface area contributed by atoms with Crippen molar-refractivity contribution in [1.82, 2.24) is 4.98 Å². The zero-order valence-electron chi connectivity index (χ0n) is 7.20. The van der Waals surface area contributed by atoms with E-state index in [1.807, 2.05) is 0 Å². The minimum Gasteiger partial charge on any atom is -0.398 e. The molecule has 0 saturated heterocycles. The molecule has 1 heterocycles. The summed E-state index contributed by atoms with van der Waals surface area (Å²) in [6, 6.07) is 0.938. The van der Waals surface area contributed by atoms with Crippen LogP contribution in [-0.4, -0.2) is 9.91 Å². The van der Waals surface area contributed by atoms with E-state index in [9.17, 15) is 18.9 Å². The summed E-state index contributed by atoms with van der Waals surface area (Å²) in [5, 5.41) is 10.4. The molecule has 0 fully saturated rings. The summed E-state index contributed by atoms with van der Waals surface area (Å²) in [6.45, 7) is 1.36.